The highest BCUT2D eigenvalue weighted by Crippen LogP contribution is 2.01. The topological polar surface area (TPSA) is 86.6 Å². The summed E-state index contributed by atoms with van der Waals surface area (Å²) in [5.74, 6) is 0. The summed E-state index contributed by atoms with van der Waals surface area (Å²) in [5, 5.41) is 16.7. The minimum Gasteiger partial charge on any atom is -0.394 e. The molecule has 0 aliphatic carbocycles. The largest absolute Gasteiger partial charge is 0.394 e. The summed E-state index contributed by atoms with van der Waals surface area (Å²) in [4.78, 5) is 0. The van der Waals surface area contributed by atoms with Crippen molar-refractivity contribution in [3.8, 4) is 0 Å². The van der Waals surface area contributed by atoms with Gasteiger partial charge in [-0.3, -0.25) is 0 Å². The highest BCUT2D eigenvalue weighted by Gasteiger charge is 2.10. The predicted octanol–water partition coefficient (Wildman–Crippen LogP) is 0.857. The standard InChI is InChI=1S/C8H18O5.C8H18O2/c9-1-3-11-5-7-13-8-6-12-4-2-10;1-5-9-7(3)8(4)10-6-2/h9-10H,1-8H2;7-8H,5-6H2,1-4H3. The first-order valence-electron chi connectivity index (χ1n) is 8.32. The number of aliphatic hydroxyl groups excluding tert-OH is 2. The number of aliphatic hydroxyl groups is 2. The third-order valence-electron chi connectivity index (χ3n) is 2.74. The van der Waals surface area contributed by atoms with Crippen LogP contribution in [0.4, 0.5) is 0 Å². The number of hydrogen-bond acceptors (Lipinski definition) is 7. The molecule has 0 heterocycles. The molecule has 0 aromatic heterocycles. The average molecular weight is 340 g/mol. The first kappa shape index (κ1) is 25.0. The molecule has 0 aliphatic heterocycles. The lowest BCUT2D eigenvalue weighted by atomic mass is 10.2. The molecular formula is C16H36O7. The van der Waals surface area contributed by atoms with Crippen molar-refractivity contribution < 1.29 is 33.9 Å². The van der Waals surface area contributed by atoms with Crippen LogP contribution in [0.3, 0.4) is 0 Å². The molecule has 0 amide bonds. The van der Waals surface area contributed by atoms with Crippen LogP contribution < -0.4 is 0 Å². The molecule has 2 N–H and O–H groups in total. The van der Waals surface area contributed by atoms with Crippen molar-refractivity contribution in [1.29, 1.82) is 0 Å². The lowest BCUT2D eigenvalue weighted by molar-refractivity contribution is -0.0489. The van der Waals surface area contributed by atoms with Gasteiger partial charge in [0.1, 0.15) is 0 Å². The van der Waals surface area contributed by atoms with Gasteiger partial charge >= 0.3 is 0 Å². The van der Waals surface area contributed by atoms with Crippen molar-refractivity contribution >= 4 is 0 Å². The number of rotatable bonds is 15. The zero-order chi connectivity index (χ0) is 17.8. The Labute approximate surface area is 140 Å². The van der Waals surface area contributed by atoms with Gasteiger partial charge in [0.25, 0.3) is 0 Å². The van der Waals surface area contributed by atoms with Crippen molar-refractivity contribution in [2.75, 3.05) is 66.1 Å². The van der Waals surface area contributed by atoms with E-state index in [0.717, 1.165) is 13.2 Å². The van der Waals surface area contributed by atoms with Crippen molar-refractivity contribution in [3.05, 3.63) is 0 Å². The molecule has 0 aliphatic rings. The summed E-state index contributed by atoms with van der Waals surface area (Å²) in [5.41, 5.74) is 0. The summed E-state index contributed by atoms with van der Waals surface area (Å²) in [6.45, 7) is 12.3. The zero-order valence-electron chi connectivity index (χ0n) is 15.2. The minimum atomic E-state index is 0.0413. The lowest BCUT2D eigenvalue weighted by Crippen LogP contribution is -2.25. The predicted molar refractivity (Wildman–Crippen MR) is 88.8 cm³/mol. The Balaban J connectivity index is 0. The fourth-order valence-electron chi connectivity index (χ4n) is 1.47. The molecule has 2 unspecified atom stereocenters. The second-order valence-electron chi connectivity index (χ2n) is 4.61. The second-order valence-corrected chi connectivity index (χ2v) is 4.61. The molecule has 0 radical (unpaired) electrons. The van der Waals surface area contributed by atoms with E-state index in [1.54, 1.807) is 0 Å². The zero-order valence-corrected chi connectivity index (χ0v) is 15.2. The molecule has 0 spiro atoms. The van der Waals surface area contributed by atoms with E-state index >= 15 is 0 Å². The average Bonchev–Trinajstić information content (AvgIpc) is 2.54. The smallest absolute Gasteiger partial charge is 0.0805 e. The van der Waals surface area contributed by atoms with Gasteiger partial charge in [-0.2, -0.15) is 0 Å². The van der Waals surface area contributed by atoms with E-state index in [1.165, 1.54) is 0 Å². The van der Waals surface area contributed by atoms with E-state index < -0.39 is 0 Å². The van der Waals surface area contributed by atoms with Crippen molar-refractivity contribution in [2.45, 2.75) is 39.9 Å². The number of ether oxygens (including phenoxy) is 5. The maximum absolute atomic E-state index is 8.36. The Morgan fingerprint density at radius 3 is 1.17 bits per heavy atom. The van der Waals surface area contributed by atoms with Crippen LogP contribution >= 0.6 is 0 Å². The Morgan fingerprint density at radius 2 is 0.913 bits per heavy atom. The normalized spacial score (nSPS) is 13.3. The summed E-state index contributed by atoms with van der Waals surface area (Å²) in [6, 6.07) is 0. The van der Waals surface area contributed by atoms with Gasteiger partial charge in [-0.1, -0.05) is 0 Å². The van der Waals surface area contributed by atoms with Crippen LogP contribution in [0.25, 0.3) is 0 Å². The Kier molecular flexibility index (Phi) is 23.6. The molecule has 0 aromatic rings. The van der Waals surface area contributed by atoms with Crippen LogP contribution in [-0.2, 0) is 23.7 Å². The maximum Gasteiger partial charge on any atom is 0.0805 e. The Bertz CT molecular complexity index is 185. The van der Waals surface area contributed by atoms with E-state index in [1.807, 2.05) is 27.7 Å². The molecule has 0 aromatic carbocycles. The van der Waals surface area contributed by atoms with E-state index in [-0.39, 0.29) is 25.4 Å². The third kappa shape index (κ3) is 21.7. The molecule has 23 heavy (non-hydrogen) atoms. The molecule has 0 fully saturated rings. The SMILES string of the molecule is CCOC(C)C(C)OCC.OCCOCCOCCOCCO. The quantitative estimate of drug-likeness (QED) is 0.428. The Morgan fingerprint density at radius 1 is 0.609 bits per heavy atom. The van der Waals surface area contributed by atoms with Crippen LogP contribution in [0, 0.1) is 0 Å². The van der Waals surface area contributed by atoms with E-state index in [2.05, 4.69) is 0 Å². The maximum atomic E-state index is 8.36. The fourth-order valence-corrected chi connectivity index (χ4v) is 1.47. The molecule has 0 bridgehead atoms. The molecule has 7 nitrogen and oxygen atoms in total. The Hall–Kier alpha value is -0.280. The van der Waals surface area contributed by atoms with Gasteiger partial charge in [-0.25, -0.2) is 0 Å². The van der Waals surface area contributed by atoms with Crippen LogP contribution in [0.2, 0.25) is 0 Å². The molecule has 7 heteroatoms. The van der Waals surface area contributed by atoms with Gasteiger partial charge < -0.3 is 33.9 Å². The molecule has 2 atom stereocenters. The van der Waals surface area contributed by atoms with Crippen molar-refractivity contribution in [2.24, 2.45) is 0 Å². The van der Waals surface area contributed by atoms with Crippen molar-refractivity contribution in [1.82, 2.24) is 0 Å². The molecular weight excluding hydrogens is 304 g/mol. The first-order valence-corrected chi connectivity index (χ1v) is 8.32. The van der Waals surface area contributed by atoms with Gasteiger partial charge in [0, 0.05) is 13.2 Å². The summed E-state index contributed by atoms with van der Waals surface area (Å²) in [6.07, 6.45) is 0.426. The van der Waals surface area contributed by atoms with E-state index in [4.69, 9.17) is 33.9 Å². The molecule has 142 valence electrons. The van der Waals surface area contributed by atoms with E-state index in [9.17, 15) is 0 Å². The summed E-state index contributed by atoms with van der Waals surface area (Å²) >= 11 is 0. The fraction of sp³-hybridized carbons (Fsp3) is 1.00. The van der Waals surface area contributed by atoms with Gasteiger partial charge in [0.2, 0.25) is 0 Å². The molecule has 0 saturated heterocycles. The van der Waals surface area contributed by atoms with E-state index in [0.29, 0.717) is 39.6 Å². The minimum absolute atomic E-state index is 0.0413. The summed E-state index contributed by atoms with van der Waals surface area (Å²) < 4.78 is 25.7. The number of hydrogen-bond donors (Lipinski definition) is 2. The summed E-state index contributed by atoms with van der Waals surface area (Å²) in [7, 11) is 0. The van der Waals surface area contributed by atoms with Gasteiger partial charge in [-0.15, -0.1) is 0 Å². The first-order chi connectivity index (χ1) is 11.1. The van der Waals surface area contributed by atoms with Gasteiger partial charge in [0.15, 0.2) is 0 Å². The van der Waals surface area contributed by atoms with Gasteiger partial charge in [-0.05, 0) is 27.7 Å². The van der Waals surface area contributed by atoms with Crippen LogP contribution in [-0.4, -0.2) is 88.5 Å². The third-order valence-corrected chi connectivity index (χ3v) is 2.74. The second kappa shape index (κ2) is 21.7. The monoisotopic (exact) mass is 340 g/mol. The van der Waals surface area contributed by atoms with Crippen LogP contribution in [0.15, 0.2) is 0 Å². The highest BCUT2D eigenvalue weighted by atomic mass is 16.5. The lowest BCUT2D eigenvalue weighted by Gasteiger charge is -2.19. The molecule has 0 rings (SSSR count). The van der Waals surface area contributed by atoms with Gasteiger partial charge in [0.05, 0.1) is 65.1 Å². The van der Waals surface area contributed by atoms with Crippen molar-refractivity contribution in [3.63, 3.8) is 0 Å². The molecule has 0 saturated carbocycles. The van der Waals surface area contributed by atoms with Crippen LogP contribution in [0.5, 0.6) is 0 Å². The highest BCUT2D eigenvalue weighted by molar-refractivity contribution is 4.58. The van der Waals surface area contributed by atoms with Crippen LogP contribution in [0.1, 0.15) is 27.7 Å².